The van der Waals surface area contributed by atoms with Gasteiger partial charge in [-0.3, -0.25) is 0 Å². The smallest absolute Gasteiger partial charge is 0.141 e. The molecule has 0 heterocycles. The molecule has 0 aliphatic heterocycles. The molecule has 2 rings (SSSR count). The van der Waals surface area contributed by atoms with Gasteiger partial charge in [0.25, 0.3) is 0 Å². The van der Waals surface area contributed by atoms with E-state index in [2.05, 4.69) is 31.9 Å². The average Bonchev–Trinajstić information content (AvgIpc) is 2.41. The van der Waals surface area contributed by atoms with Crippen molar-refractivity contribution in [3.05, 3.63) is 50.9 Å². The minimum atomic E-state index is -0.185. The molecule has 2 aromatic rings. The Hall–Kier alpha value is -1.04. The van der Waals surface area contributed by atoms with Gasteiger partial charge in [-0.25, -0.2) is 0 Å². The summed E-state index contributed by atoms with van der Waals surface area (Å²) in [5, 5.41) is 0. The van der Waals surface area contributed by atoms with Crippen LogP contribution in [0.2, 0.25) is 0 Å². The van der Waals surface area contributed by atoms with E-state index in [0.717, 1.165) is 26.0 Å². The van der Waals surface area contributed by atoms with Crippen LogP contribution in [0, 0.1) is 0 Å². The largest absolute Gasteiger partial charge is 0.496 e. The number of rotatable bonds is 4. The first kappa shape index (κ1) is 15.4. The molecule has 2 N–H and O–H groups in total. The van der Waals surface area contributed by atoms with E-state index in [0.29, 0.717) is 5.75 Å². The van der Waals surface area contributed by atoms with Crippen LogP contribution >= 0.6 is 31.9 Å². The number of hydrogen-bond donors (Lipinski definition) is 1. The molecule has 0 saturated carbocycles. The minimum Gasteiger partial charge on any atom is -0.496 e. The lowest BCUT2D eigenvalue weighted by molar-refractivity contribution is 0.397. The first-order chi connectivity index (χ1) is 9.52. The SMILES string of the molecule is COc1cccc(Oc2ccc(Br)cc2Br)c1C(C)N. The van der Waals surface area contributed by atoms with E-state index >= 15 is 0 Å². The van der Waals surface area contributed by atoms with Crippen molar-refractivity contribution in [2.45, 2.75) is 13.0 Å². The highest BCUT2D eigenvalue weighted by Gasteiger charge is 2.15. The van der Waals surface area contributed by atoms with Crippen LogP contribution in [-0.2, 0) is 0 Å². The maximum atomic E-state index is 6.03. The molecule has 0 saturated heterocycles. The van der Waals surface area contributed by atoms with Crippen LogP contribution in [0.15, 0.2) is 45.3 Å². The van der Waals surface area contributed by atoms with Crippen LogP contribution in [0.3, 0.4) is 0 Å². The molecule has 0 bridgehead atoms. The summed E-state index contributed by atoms with van der Waals surface area (Å²) in [4.78, 5) is 0. The molecular weight excluding hydrogens is 386 g/mol. The molecule has 0 amide bonds. The normalized spacial score (nSPS) is 12.1. The molecule has 0 aromatic heterocycles. The Labute approximate surface area is 135 Å². The monoisotopic (exact) mass is 399 g/mol. The highest BCUT2D eigenvalue weighted by atomic mass is 79.9. The van der Waals surface area contributed by atoms with Gasteiger partial charge in [-0.1, -0.05) is 22.0 Å². The predicted octanol–water partition coefficient (Wildman–Crippen LogP) is 5.03. The zero-order valence-electron chi connectivity index (χ0n) is 11.2. The number of nitrogens with two attached hydrogens (primary N) is 1. The van der Waals surface area contributed by atoms with Gasteiger partial charge < -0.3 is 15.2 Å². The zero-order valence-corrected chi connectivity index (χ0v) is 14.4. The van der Waals surface area contributed by atoms with Crippen LogP contribution in [0.4, 0.5) is 0 Å². The molecule has 0 aliphatic carbocycles. The fourth-order valence-corrected chi connectivity index (χ4v) is 3.04. The molecule has 0 spiro atoms. The zero-order chi connectivity index (χ0) is 14.7. The van der Waals surface area contributed by atoms with E-state index in [4.69, 9.17) is 15.2 Å². The van der Waals surface area contributed by atoms with Gasteiger partial charge in [-0.15, -0.1) is 0 Å². The van der Waals surface area contributed by atoms with E-state index in [1.807, 2.05) is 43.3 Å². The number of halogens is 2. The van der Waals surface area contributed by atoms with Crippen LogP contribution < -0.4 is 15.2 Å². The van der Waals surface area contributed by atoms with Crippen molar-refractivity contribution in [1.29, 1.82) is 0 Å². The molecule has 1 atom stereocenters. The second-order valence-corrected chi connectivity index (χ2v) is 6.11. The standard InChI is InChI=1S/C15H15Br2NO2/c1-9(18)15-13(19-2)4-3-5-14(15)20-12-7-6-10(16)8-11(12)17/h3-9H,18H2,1-2H3. The van der Waals surface area contributed by atoms with Crippen LogP contribution in [0.25, 0.3) is 0 Å². The van der Waals surface area contributed by atoms with Gasteiger partial charge >= 0.3 is 0 Å². The Morgan fingerprint density at radius 3 is 2.35 bits per heavy atom. The summed E-state index contributed by atoms with van der Waals surface area (Å²) < 4.78 is 13.2. The Morgan fingerprint density at radius 2 is 1.75 bits per heavy atom. The first-order valence-corrected chi connectivity index (χ1v) is 7.67. The maximum absolute atomic E-state index is 6.03. The van der Waals surface area contributed by atoms with Crippen molar-refractivity contribution in [3.8, 4) is 17.2 Å². The van der Waals surface area contributed by atoms with Gasteiger partial charge in [0.2, 0.25) is 0 Å². The van der Waals surface area contributed by atoms with Crippen molar-refractivity contribution in [1.82, 2.24) is 0 Å². The van der Waals surface area contributed by atoms with Crippen LogP contribution in [0.5, 0.6) is 17.2 Å². The molecule has 5 heteroatoms. The van der Waals surface area contributed by atoms with Crippen molar-refractivity contribution in [2.75, 3.05) is 7.11 Å². The Bertz CT molecular complexity index is 615. The summed E-state index contributed by atoms with van der Waals surface area (Å²) in [5.74, 6) is 2.15. The topological polar surface area (TPSA) is 44.5 Å². The van der Waals surface area contributed by atoms with E-state index in [1.54, 1.807) is 7.11 Å². The lowest BCUT2D eigenvalue weighted by Crippen LogP contribution is -2.08. The quantitative estimate of drug-likeness (QED) is 0.782. The molecular formula is C15H15Br2NO2. The van der Waals surface area contributed by atoms with E-state index in [9.17, 15) is 0 Å². The third-order valence-electron chi connectivity index (χ3n) is 2.82. The second kappa shape index (κ2) is 6.61. The molecule has 1 unspecified atom stereocenters. The molecule has 106 valence electrons. The molecule has 0 fully saturated rings. The van der Waals surface area contributed by atoms with Crippen molar-refractivity contribution in [3.63, 3.8) is 0 Å². The van der Waals surface area contributed by atoms with Gasteiger partial charge in [0.15, 0.2) is 0 Å². The Morgan fingerprint density at radius 1 is 1.05 bits per heavy atom. The fourth-order valence-electron chi connectivity index (χ4n) is 1.92. The number of ether oxygens (including phenoxy) is 2. The van der Waals surface area contributed by atoms with Gasteiger partial charge in [-0.05, 0) is 53.2 Å². The Balaban J connectivity index is 2.43. The van der Waals surface area contributed by atoms with Crippen LogP contribution in [-0.4, -0.2) is 7.11 Å². The molecule has 0 radical (unpaired) electrons. The summed E-state index contributed by atoms with van der Waals surface area (Å²) in [6.07, 6.45) is 0. The summed E-state index contributed by atoms with van der Waals surface area (Å²) in [6.45, 7) is 1.90. The number of hydrogen-bond acceptors (Lipinski definition) is 3. The summed E-state index contributed by atoms with van der Waals surface area (Å²) in [6, 6.07) is 11.2. The van der Waals surface area contributed by atoms with Gasteiger partial charge in [-0.2, -0.15) is 0 Å². The first-order valence-electron chi connectivity index (χ1n) is 6.08. The molecule has 2 aromatic carbocycles. The molecule has 0 aliphatic rings. The molecule has 3 nitrogen and oxygen atoms in total. The predicted molar refractivity (Wildman–Crippen MR) is 87.5 cm³/mol. The van der Waals surface area contributed by atoms with Gasteiger partial charge in [0.05, 0.1) is 17.1 Å². The lowest BCUT2D eigenvalue weighted by atomic mass is 10.1. The van der Waals surface area contributed by atoms with Gasteiger partial charge in [0.1, 0.15) is 17.2 Å². The maximum Gasteiger partial charge on any atom is 0.141 e. The van der Waals surface area contributed by atoms with E-state index < -0.39 is 0 Å². The third-order valence-corrected chi connectivity index (χ3v) is 3.93. The number of methoxy groups -OCH3 is 1. The van der Waals surface area contributed by atoms with Crippen molar-refractivity contribution < 1.29 is 9.47 Å². The van der Waals surface area contributed by atoms with Gasteiger partial charge in [0, 0.05) is 10.5 Å². The highest BCUT2D eigenvalue weighted by Crippen LogP contribution is 2.38. The highest BCUT2D eigenvalue weighted by molar-refractivity contribution is 9.11. The average molecular weight is 401 g/mol. The minimum absolute atomic E-state index is 0.185. The van der Waals surface area contributed by atoms with Crippen molar-refractivity contribution >= 4 is 31.9 Å². The Kier molecular flexibility index (Phi) is 5.07. The second-order valence-electron chi connectivity index (χ2n) is 4.34. The molecule has 20 heavy (non-hydrogen) atoms. The van der Waals surface area contributed by atoms with Crippen LogP contribution in [0.1, 0.15) is 18.5 Å². The van der Waals surface area contributed by atoms with E-state index in [-0.39, 0.29) is 6.04 Å². The summed E-state index contributed by atoms with van der Waals surface area (Å²) in [7, 11) is 1.63. The fraction of sp³-hybridized carbons (Fsp3) is 0.200. The van der Waals surface area contributed by atoms with Crippen molar-refractivity contribution in [2.24, 2.45) is 5.73 Å². The number of benzene rings is 2. The summed E-state index contributed by atoms with van der Waals surface area (Å²) in [5.41, 5.74) is 6.88. The summed E-state index contributed by atoms with van der Waals surface area (Å²) >= 11 is 6.90. The lowest BCUT2D eigenvalue weighted by Gasteiger charge is -2.17. The third kappa shape index (κ3) is 3.34. The van der Waals surface area contributed by atoms with E-state index in [1.165, 1.54) is 0 Å².